The van der Waals surface area contributed by atoms with Crippen molar-refractivity contribution in [3.8, 4) is 0 Å². The lowest BCUT2D eigenvalue weighted by Crippen LogP contribution is -2.20. The van der Waals surface area contributed by atoms with Crippen LogP contribution in [-0.2, 0) is 0 Å². The number of hydrogen-bond donors (Lipinski definition) is 3. The minimum Gasteiger partial charge on any atom is -0.459 e. The van der Waals surface area contributed by atoms with Crippen molar-refractivity contribution in [2.24, 2.45) is 0 Å². The fourth-order valence-corrected chi connectivity index (χ4v) is 2.58. The molecule has 3 N–H and O–H groups in total. The number of nitrogens with one attached hydrogen (secondary N) is 3. The molecule has 7 nitrogen and oxygen atoms in total. The molecule has 0 aliphatic rings. The average Bonchev–Trinajstić information content (AvgIpc) is 3.14. The fraction of sp³-hybridized carbons (Fsp3) is 0.0556. The number of furan rings is 1. The number of aromatic nitrogens is 1. The van der Waals surface area contributed by atoms with Crippen molar-refractivity contribution in [2.75, 3.05) is 10.6 Å². The molecule has 26 heavy (non-hydrogen) atoms. The molecule has 2 aromatic heterocycles. The zero-order valence-corrected chi connectivity index (χ0v) is 15.2. The van der Waals surface area contributed by atoms with Gasteiger partial charge < -0.3 is 20.0 Å². The molecule has 2 amide bonds. The number of carbonyl (C=O) groups excluding carboxylic acids is 2. The van der Waals surface area contributed by atoms with E-state index in [9.17, 15) is 14.4 Å². The summed E-state index contributed by atoms with van der Waals surface area (Å²) in [7, 11) is 0. The predicted octanol–water partition coefficient (Wildman–Crippen LogP) is 3.54. The maximum absolute atomic E-state index is 12.4. The van der Waals surface area contributed by atoms with Gasteiger partial charge >= 0.3 is 0 Å². The molecule has 2 heterocycles. The van der Waals surface area contributed by atoms with E-state index in [0.717, 1.165) is 5.56 Å². The summed E-state index contributed by atoms with van der Waals surface area (Å²) in [5, 5.41) is 5.26. The minimum absolute atomic E-state index is 0.117. The van der Waals surface area contributed by atoms with Crippen molar-refractivity contribution >= 4 is 39.1 Å². The van der Waals surface area contributed by atoms with E-state index in [1.54, 1.807) is 31.2 Å². The molecule has 8 heteroatoms. The summed E-state index contributed by atoms with van der Waals surface area (Å²) in [5.41, 5.74) is 1.25. The number of aryl methyl sites for hydroxylation is 1. The van der Waals surface area contributed by atoms with Crippen LogP contribution in [0.5, 0.6) is 0 Å². The van der Waals surface area contributed by atoms with Crippen molar-refractivity contribution in [3.63, 3.8) is 0 Å². The molecule has 3 rings (SSSR count). The molecule has 0 radical (unpaired) electrons. The van der Waals surface area contributed by atoms with Crippen molar-refractivity contribution in [2.45, 2.75) is 6.92 Å². The number of aromatic amines is 1. The zero-order valence-electron chi connectivity index (χ0n) is 13.6. The van der Waals surface area contributed by atoms with Crippen LogP contribution in [0.2, 0.25) is 0 Å². The van der Waals surface area contributed by atoms with E-state index in [0.29, 0.717) is 15.7 Å². The quantitative estimate of drug-likeness (QED) is 0.605. The standard InChI is InChI=1S/C18H14BrN3O4/c1-10-4-5-11(7-13(10)21-18(25)15-3-2-6-26-15)16(23)22-14-8-12(19)9-20-17(14)24/h2-9H,1H3,(H,20,24)(H,21,25)(H,22,23). The van der Waals surface area contributed by atoms with Crippen LogP contribution in [0.3, 0.4) is 0 Å². The second-order valence-electron chi connectivity index (χ2n) is 5.48. The highest BCUT2D eigenvalue weighted by atomic mass is 79.9. The third kappa shape index (κ3) is 3.92. The SMILES string of the molecule is Cc1ccc(C(=O)Nc2cc(Br)c[nH]c2=O)cc1NC(=O)c1ccco1. The van der Waals surface area contributed by atoms with Crippen LogP contribution in [0.1, 0.15) is 26.5 Å². The van der Waals surface area contributed by atoms with Gasteiger partial charge in [-0.15, -0.1) is 0 Å². The molecule has 0 fully saturated rings. The second kappa shape index (κ2) is 7.40. The van der Waals surface area contributed by atoms with Gasteiger partial charge in [0.1, 0.15) is 5.69 Å². The molecule has 0 unspecified atom stereocenters. The average molecular weight is 416 g/mol. The lowest BCUT2D eigenvalue weighted by Gasteiger charge is -2.10. The van der Waals surface area contributed by atoms with Crippen molar-refractivity contribution in [1.29, 1.82) is 0 Å². The Morgan fingerprint density at radius 1 is 1.08 bits per heavy atom. The predicted molar refractivity (Wildman–Crippen MR) is 101 cm³/mol. The minimum atomic E-state index is -0.470. The van der Waals surface area contributed by atoms with E-state index in [4.69, 9.17) is 4.42 Å². The molecule has 3 aromatic rings. The number of amides is 2. The van der Waals surface area contributed by atoms with Gasteiger partial charge in [-0.2, -0.15) is 0 Å². The largest absolute Gasteiger partial charge is 0.459 e. The normalized spacial score (nSPS) is 10.4. The Kier molecular flexibility index (Phi) is 5.04. The number of benzene rings is 1. The molecule has 0 spiro atoms. The Morgan fingerprint density at radius 2 is 1.85 bits per heavy atom. The monoisotopic (exact) mass is 415 g/mol. The maximum Gasteiger partial charge on any atom is 0.291 e. The van der Waals surface area contributed by atoms with E-state index < -0.39 is 17.4 Å². The lowest BCUT2D eigenvalue weighted by atomic mass is 10.1. The van der Waals surface area contributed by atoms with Crippen LogP contribution in [0.25, 0.3) is 0 Å². The molecule has 0 saturated carbocycles. The van der Waals surface area contributed by atoms with Gasteiger partial charge in [-0.3, -0.25) is 14.4 Å². The van der Waals surface area contributed by atoms with Crippen molar-refractivity contribution < 1.29 is 14.0 Å². The van der Waals surface area contributed by atoms with Gasteiger partial charge in [-0.1, -0.05) is 6.07 Å². The van der Waals surface area contributed by atoms with E-state index in [-0.39, 0.29) is 11.4 Å². The maximum atomic E-state index is 12.4. The van der Waals surface area contributed by atoms with E-state index in [2.05, 4.69) is 31.5 Å². The van der Waals surface area contributed by atoms with Gasteiger partial charge in [0.05, 0.1) is 6.26 Å². The first-order valence-electron chi connectivity index (χ1n) is 7.59. The highest BCUT2D eigenvalue weighted by Gasteiger charge is 2.14. The summed E-state index contributed by atoms with van der Waals surface area (Å²) in [6.07, 6.45) is 2.88. The summed E-state index contributed by atoms with van der Waals surface area (Å²) in [6, 6.07) is 9.52. The molecule has 0 bridgehead atoms. The smallest absolute Gasteiger partial charge is 0.291 e. The summed E-state index contributed by atoms with van der Waals surface area (Å²) in [6.45, 7) is 1.80. The van der Waals surface area contributed by atoms with Crippen LogP contribution < -0.4 is 16.2 Å². The molecule has 0 saturated heterocycles. The molecule has 0 atom stereocenters. The topological polar surface area (TPSA) is 104 Å². The summed E-state index contributed by atoms with van der Waals surface area (Å²) >= 11 is 3.23. The lowest BCUT2D eigenvalue weighted by molar-refractivity contribution is 0.0993. The number of anilines is 2. The highest BCUT2D eigenvalue weighted by Crippen LogP contribution is 2.19. The highest BCUT2D eigenvalue weighted by molar-refractivity contribution is 9.10. The Hall–Kier alpha value is -3.13. The molecule has 1 aromatic carbocycles. The number of hydrogen-bond acceptors (Lipinski definition) is 4. The van der Waals surface area contributed by atoms with Gasteiger partial charge in [0, 0.05) is 21.9 Å². The molecule has 0 aliphatic heterocycles. The molecular weight excluding hydrogens is 402 g/mol. The Morgan fingerprint density at radius 3 is 2.58 bits per heavy atom. The first-order chi connectivity index (χ1) is 12.4. The van der Waals surface area contributed by atoms with Crippen LogP contribution in [0, 0.1) is 6.92 Å². The van der Waals surface area contributed by atoms with Crippen LogP contribution >= 0.6 is 15.9 Å². The molecular formula is C18H14BrN3O4. The van der Waals surface area contributed by atoms with E-state index in [1.165, 1.54) is 24.6 Å². The number of halogens is 1. The van der Waals surface area contributed by atoms with Gasteiger partial charge in [-0.05, 0) is 58.7 Å². The number of rotatable bonds is 4. The van der Waals surface area contributed by atoms with Gasteiger partial charge in [0.15, 0.2) is 5.76 Å². The molecule has 0 aliphatic carbocycles. The van der Waals surface area contributed by atoms with Gasteiger partial charge in [0.2, 0.25) is 0 Å². The van der Waals surface area contributed by atoms with Crippen LogP contribution in [0.4, 0.5) is 11.4 Å². The number of carbonyl (C=O) groups is 2. The Labute approximate surface area is 156 Å². The molecule has 132 valence electrons. The fourth-order valence-electron chi connectivity index (χ4n) is 2.23. The van der Waals surface area contributed by atoms with Crippen molar-refractivity contribution in [3.05, 3.63) is 80.6 Å². The van der Waals surface area contributed by atoms with Crippen molar-refractivity contribution in [1.82, 2.24) is 4.98 Å². The summed E-state index contributed by atoms with van der Waals surface area (Å²) < 4.78 is 5.68. The van der Waals surface area contributed by atoms with Gasteiger partial charge in [0.25, 0.3) is 17.4 Å². The first kappa shape index (κ1) is 17.7. The zero-order chi connectivity index (χ0) is 18.7. The summed E-state index contributed by atoms with van der Waals surface area (Å²) in [4.78, 5) is 38.9. The Balaban J connectivity index is 1.82. The Bertz CT molecular complexity index is 1030. The van der Waals surface area contributed by atoms with Crippen LogP contribution in [-0.4, -0.2) is 16.8 Å². The first-order valence-corrected chi connectivity index (χ1v) is 8.38. The number of pyridine rings is 1. The third-order valence-electron chi connectivity index (χ3n) is 3.61. The number of H-pyrrole nitrogens is 1. The van der Waals surface area contributed by atoms with E-state index >= 15 is 0 Å². The third-order valence-corrected chi connectivity index (χ3v) is 4.07. The van der Waals surface area contributed by atoms with Gasteiger partial charge in [-0.25, -0.2) is 0 Å². The van der Waals surface area contributed by atoms with E-state index in [1.807, 2.05) is 0 Å². The summed E-state index contributed by atoms with van der Waals surface area (Å²) in [5.74, 6) is -0.721. The van der Waals surface area contributed by atoms with Crippen LogP contribution in [0.15, 0.2) is 62.5 Å². The second-order valence-corrected chi connectivity index (χ2v) is 6.39.